The number of fused-ring (bicyclic) bond motifs is 1. The number of halogens is 1. The fraction of sp³-hybridized carbons (Fsp3) is 0.269. The summed E-state index contributed by atoms with van der Waals surface area (Å²) in [4.78, 5) is 30.6. The quantitative estimate of drug-likeness (QED) is 0.414. The number of nitrogens with zero attached hydrogens (tertiary/aromatic N) is 5. The molecule has 9 nitrogen and oxygen atoms in total. The van der Waals surface area contributed by atoms with Gasteiger partial charge in [-0.1, -0.05) is 29.5 Å². The molecule has 3 aromatic heterocycles. The van der Waals surface area contributed by atoms with Crippen LogP contribution in [-0.4, -0.2) is 41.9 Å². The predicted octanol–water partition coefficient (Wildman–Crippen LogP) is 4.18. The Hall–Kier alpha value is -4.34. The Morgan fingerprint density at radius 2 is 2.03 bits per heavy atom. The number of aromatic nitrogens is 4. The summed E-state index contributed by atoms with van der Waals surface area (Å²) < 4.78 is 21.5. The van der Waals surface area contributed by atoms with Gasteiger partial charge >= 0.3 is 5.97 Å². The van der Waals surface area contributed by atoms with E-state index in [0.717, 1.165) is 24.8 Å². The molecule has 1 atom stereocenters. The zero-order valence-corrected chi connectivity index (χ0v) is 19.6. The molecular weight excluding hydrogens is 465 g/mol. The summed E-state index contributed by atoms with van der Waals surface area (Å²) in [5, 5.41) is 17.4. The van der Waals surface area contributed by atoms with Crippen LogP contribution in [0.5, 0.6) is 0 Å². The molecule has 184 valence electrons. The van der Waals surface area contributed by atoms with E-state index in [4.69, 9.17) is 9.52 Å². The van der Waals surface area contributed by atoms with E-state index < -0.39 is 17.7 Å². The highest BCUT2D eigenvalue weighted by molar-refractivity contribution is 5.93. The van der Waals surface area contributed by atoms with E-state index in [2.05, 4.69) is 21.4 Å². The lowest BCUT2D eigenvalue weighted by atomic mass is 9.86. The summed E-state index contributed by atoms with van der Waals surface area (Å²) in [6.07, 6.45) is 4.21. The van der Waals surface area contributed by atoms with Crippen molar-refractivity contribution in [2.45, 2.75) is 45.3 Å². The topological polar surface area (TPSA) is 114 Å². The number of furan rings is 1. The molecule has 0 fully saturated rings. The number of amides is 1. The molecule has 1 N–H and O–H groups in total. The van der Waals surface area contributed by atoms with Gasteiger partial charge < -0.3 is 14.4 Å². The van der Waals surface area contributed by atoms with Crippen LogP contribution >= 0.6 is 0 Å². The number of carboxylic acid groups (broad SMARTS) is 1. The number of pyridine rings is 1. The van der Waals surface area contributed by atoms with E-state index in [-0.39, 0.29) is 30.6 Å². The number of hydrogen-bond donors (Lipinski definition) is 1. The highest BCUT2D eigenvalue weighted by atomic mass is 19.1. The van der Waals surface area contributed by atoms with E-state index in [0.29, 0.717) is 17.1 Å². The molecule has 36 heavy (non-hydrogen) atoms. The summed E-state index contributed by atoms with van der Waals surface area (Å²) in [5.74, 6) is -2.09. The molecule has 1 aliphatic rings. The molecule has 1 unspecified atom stereocenters. The Morgan fingerprint density at radius 1 is 1.19 bits per heavy atom. The van der Waals surface area contributed by atoms with Crippen molar-refractivity contribution in [3.05, 3.63) is 100 Å². The molecule has 1 aliphatic carbocycles. The van der Waals surface area contributed by atoms with E-state index in [9.17, 15) is 14.0 Å². The average molecular weight is 490 g/mol. The zero-order valence-electron chi connectivity index (χ0n) is 19.6. The van der Waals surface area contributed by atoms with Gasteiger partial charge in [0, 0.05) is 5.69 Å². The van der Waals surface area contributed by atoms with E-state index >= 15 is 0 Å². The molecule has 4 aromatic rings. The van der Waals surface area contributed by atoms with Gasteiger partial charge in [0.1, 0.15) is 18.0 Å². The van der Waals surface area contributed by atoms with Crippen LogP contribution in [0.3, 0.4) is 0 Å². The van der Waals surface area contributed by atoms with Crippen molar-refractivity contribution in [1.29, 1.82) is 0 Å². The van der Waals surface area contributed by atoms with Crippen molar-refractivity contribution in [1.82, 2.24) is 24.9 Å². The Balaban J connectivity index is 1.45. The minimum absolute atomic E-state index is 0.103. The molecule has 1 amide bonds. The number of carboxylic acids is 1. The van der Waals surface area contributed by atoms with Gasteiger partial charge in [-0.25, -0.2) is 18.9 Å². The number of aryl methyl sites for hydroxylation is 2. The predicted molar refractivity (Wildman–Crippen MR) is 126 cm³/mol. The first-order valence-corrected chi connectivity index (χ1v) is 11.6. The van der Waals surface area contributed by atoms with Gasteiger partial charge in [0.25, 0.3) is 5.91 Å². The summed E-state index contributed by atoms with van der Waals surface area (Å²) in [7, 11) is 0. The van der Waals surface area contributed by atoms with Crippen LogP contribution in [-0.2, 0) is 19.5 Å². The molecule has 0 bridgehead atoms. The number of benzene rings is 1. The molecule has 1 aromatic carbocycles. The lowest BCUT2D eigenvalue weighted by Gasteiger charge is -2.35. The second-order valence-corrected chi connectivity index (χ2v) is 8.80. The van der Waals surface area contributed by atoms with Gasteiger partial charge in [0.15, 0.2) is 11.5 Å². The normalized spacial score (nSPS) is 14.9. The fourth-order valence-electron chi connectivity index (χ4n) is 4.60. The number of hydrogen-bond acceptors (Lipinski definition) is 6. The van der Waals surface area contributed by atoms with Gasteiger partial charge in [-0.15, -0.1) is 5.10 Å². The minimum atomic E-state index is -1.15. The van der Waals surface area contributed by atoms with Gasteiger partial charge in [-0.05, 0) is 61.6 Å². The molecule has 0 spiro atoms. The summed E-state index contributed by atoms with van der Waals surface area (Å²) >= 11 is 0. The fourth-order valence-corrected chi connectivity index (χ4v) is 4.60. The third-order valence-electron chi connectivity index (χ3n) is 6.27. The summed E-state index contributed by atoms with van der Waals surface area (Å²) in [6, 6.07) is 13.4. The van der Waals surface area contributed by atoms with Crippen molar-refractivity contribution in [2.24, 2.45) is 0 Å². The van der Waals surface area contributed by atoms with Crippen molar-refractivity contribution in [2.75, 3.05) is 0 Å². The lowest BCUT2D eigenvalue weighted by molar-refractivity contribution is 0.0621. The average Bonchev–Trinajstić information content (AvgIpc) is 3.53. The largest absolute Gasteiger partial charge is 0.475 e. The number of carbonyl (C=O) groups is 2. The van der Waals surface area contributed by atoms with Gasteiger partial charge in [0.2, 0.25) is 5.76 Å². The number of carbonyl (C=O) groups excluding carboxylic acids is 1. The molecule has 10 heteroatoms. The Labute approximate surface area is 206 Å². The van der Waals surface area contributed by atoms with Crippen LogP contribution in [0.25, 0.3) is 0 Å². The third-order valence-corrected chi connectivity index (χ3v) is 6.27. The maximum Gasteiger partial charge on any atom is 0.371 e. The van der Waals surface area contributed by atoms with Crippen LogP contribution < -0.4 is 0 Å². The van der Waals surface area contributed by atoms with Gasteiger partial charge in [-0.3, -0.25) is 4.79 Å². The van der Waals surface area contributed by atoms with Crippen molar-refractivity contribution < 1.29 is 23.5 Å². The second kappa shape index (κ2) is 9.73. The molecule has 0 radical (unpaired) electrons. The van der Waals surface area contributed by atoms with Gasteiger partial charge in [0.05, 0.1) is 18.8 Å². The Morgan fingerprint density at radius 3 is 2.83 bits per heavy atom. The highest BCUT2D eigenvalue weighted by Crippen LogP contribution is 2.36. The number of rotatable bonds is 7. The van der Waals surface area contributed by atoms with Crippen molar-refractivity contribution in [3.63, 3.8) is 0 Å². The molecule has 0 saturated heterocycles. The van der Waals surface area contributed by atoms with Crippen LogP contribution in [0.4, 0.5) is 4.39 Å². The third kappa shape index (κ3) is 4.74. The second-order valence-electron chi connectivity index (χ2n) is 8.80. The standard InChI is InChI=1S/C26H24FN5O4/c1-16-9-11-21(27)24(28-16)25(33)32(22-8-4-6-17-5-2-3-7-20(17)22)14-18-13-31(30-29-18)15-19-10-12-23(36-19)26(34)35/h2-3,5,7,9-13,22H,4,6,8,14-15H2,1H3,(H,34,35). The summed E-state index contributed by atoms with van der Waals surface area (Å²) in [5.41, 5.74) is 3.04. The van der Waals surface area contributed by atoms with E-state index in [1.807, 2.05) is 18.2 Å². The first-order valence-electron chi connectivity index (χ1n) is 11.6. The van der Waals surface area contributed by atoms with Crippen LogP contribution in [0, 0.1) is 12.7 Å². The summed E-state index contributed by atoms with van der Waals surface area (Å²) in [6.45, 7) is 1.99. The Bertz CT molecular complexity index is 1430. The lowest BCUT2D eigenvalue weighted by Crippen LogP contribution is -2.37. The van der Waals surface area contributed by atoms with Crippen molar-refractivity contribution >= 4 is 11.9 Å². The first-order chi connectivity index (χ1) is 17.4. The molecular formula is C26H24FN5O4. The molecule has 0 aliphatic heterocycles. The minimum Gasteiger partial charge on any atom is -0.475 e. The SMILES string of the molecule is Cc1ccc(F)c(C(=O)N(Cc2cn(Cc3ccc(C(=O)O)o3)nn2)C2CCCc3ccccc32)n1. The molecule has 5 rings (SSSR count). The highest BCUT2D eigenvalue weighted by Gasteiger charge is 2.32. The van der Waals surface area contributed by atoms with Crippen molar-refractivity contribution in [3.8, 4) is 0 Å². The first kappa shape index (κ1) is 23.4. The van der Waals surface area contributed by atoms with Crippen LogP contribution in [0.2, 0.25) is 0 Å². The van der Waals surface area contributed by atoms with E-state index in [1.54, 1.807) is 24.1 Å². The van der Waals surface area contributed by atoms with Crippen LogP contribution in [0.1, 0.15) is 68.2 Å². The van der Waals surface area contributed by atoms with Gasteiger partial charge in [-0.2, -0.15) is 0 Å². The van der Waals surface area contributed by atoms with Crippen LogP contribution in [0.15, 0.2) is 59.1 Å². The molecule has 0 saturated carbocycles. The van der Waals surface area contributed by atoms with E-state index in [1.165, 1.54) is 28.4 Å². The maximum absolute atomic E-state index is 14.7. The zero-order chi connectivity index (χ0) is 25.2. The Kier molecular flexibility index (Phi) is 6.32. The number of aromatic carboxylic acids is 1. The smallest absolute Gasteiger partial charge is 0.371 e. The maximum atomic E-state index is 14.7. The molecule has 3 heterocycles. The monoisotopic (exact) mass is 489 g/mol.